The molecule has 94 valence electrons. The molecule has 1 aliphatic rings. The Balaban J connectivity index is 2.25. The predicted octanol–water partition coefficient (Wildman–Crippen LogP) is 1.35. The molecule has 0 aromatic carbocycles. The fourth-order valence-electron chi connectivity index (χ4n) is 1.61. The maximum Gasteiger partial charge on any atom is 0.323 e. The molecule has 0 bridgehead atoms. The number of carboxylic acid groups (broad SMARTS) is 1. The zero-order chi connectivity index (χ0) is 12.0. The van der Waals surface area contributed by atoms with Crippen LogP contribution in [0.25, 0.3) is 0 Å². The molecule has 4 nitrogen and oxygen atoms in total. The van der Waals surface area contributed by atoms with E-state index in [0.717, 1.165) is 31.8 Å². The molecular weight excluding hydrogens is 226 g/mol. The van der Waals surface area contributed by atoms with E-state index in [1.54, 1.807) is 14.0 Å². The molecule has 5 heteroatoms. The van der Waals surface area contributed by atoms with Crippen molar-refractivity contribution in [2.45, 2.75) is 37.0 Å². The van der Waals surface area contributed by atoms with Crippen molar-refractivity contribution in [3.8, 4) is 0 Å². The largest absolute Gasteiger partial charge is 0.480 e. The van der Waals surface area contributed by atoms with Gasteiger partial charge in [0.1, 0.15) is 5.54 Å². The van der Waals surface area contributed by atoms with E-state index < -0.39 is 11.5 Å². The molecule has 0 spiro atoms. The van der Waals surface area contributed by atoms with Crippen LogP contribution in [0.4, 0.5) is 0 Å². The van der Waals surface area contributed by atoms with Gasteiger partial charge in [-0.1, -0.05) is 0 Å². The molecule has 16 heavy (non-hydrogen) atoms. The van der Waals surface area contributed by atoms with E-state index in [1.807, 2.05) is 11.8 Å². The van der Waals surface area contributed by atoms with Gasteiger partial charge in [-0.2, -0.15) is 11.8 Å². The van der Waals surface area contributed by atoms with Crippen LogP contribution in [0.2, 0.25) is 0 Å². The number of hydrogen-bond acceptors (Lipinski definition) is 4. The fourth-order valence-corrected chi connectivity index (χ4v) is 3.00. The average Bonchev–Trinajstić information content (AvgIpc) is 2.30. The van der Waals surface area contributed by atoms with Crippen LogP contribution >= 0.6 is 11.8 Å². The number of carboxylic acids is 1. The van der Waals surface area contributed by atoms with E-state index in [0.29, 0.717) is 11.7 Å². The van der Waals surface area contributed by atoms with Crippen molar-refractivity contribution < 1.29 is 14.6 Å². The average molecular weight is 247 g/mol. The first kappa shape index (κ1) is 13.8. The third-order valence-electron chi connectivity index (χ3n) is 3.15. The topological polar surface area (TPSA) is 58.6 Å². The van der Waals surface area contributed by atoms with Gasteiger partial charge in [0, 0.05) is 18.5 Å². The Morgan fingerprint density at radius 1 is 1.56 bits per heavy atom. The highest BCUT2D eigenvalue weighted by Gasteiger charge is 2.30. The number of hydrogen-bond donors (Lipinski definition) is 2. The zero-order valence-electron chi connectivity index (χ0n) is 9.99. The van der Waals surface area contributed by atoms with E-state index in [1.165, 1.54) is 0 Å². The number of likely N-dealkylation sites (N-methyl/N-ethyl adjacent to an activating group) is 1. The second-order valence-electron chi connectivity index (χ2n) is 4.32. The van der Waals surface area contributed by atoms with E-state index >= 15 is 0 Å². The van der Waals surface area contributed by atoms with Crippen LogP contribution in [0, 0.1) is 0 Å². The lowest BCUT2D eigenvalue weighted by Crippen LogP contribution is -2.48. The molecular formula is C11H21NO3S. The number of rotatable bonds is 6. The van der Waals surface area contributed by atoms with Gasteiger partial charge in [-0.3, -0.25) is 4.79 Å². The van der Waals surface area contributed by atoms with E-state index in [-0.39, 0.29) is 0 Å². The second-order valence-corrected chi connectivity index (χ2v) is 5.73. The molecule has 1 rings (SSSR count). The summed E-state index contributed by atoms with van der Waals surface area (Å²) in [5, 5.41) is 12.6. The summed E-state index contributed by atoms with van der Waals surface area (Å²) in [5.41, 5.74) is -0.793. The van der Waals surface area contributed by atoms with Crippen LogP contribution in [-0.2, 0) is 9.53 Å². The molecule has 1 saturated heterocycles. The van der Waals surface area contributed by atoms with Crippen LogP contribution in [0.15, 0.2) is 0 Å². The highest BCUT2D eigenvalue weighted by molar-refractivity contribution is 7.99. The molecule has 1 fully saturated rings. The quantitative estimate of drug-likeness (QED) is 0.742. The normalized spacial score (nSPS) is 21.6. The first-order valence-corrected chi connectivity index (χ1v) is 6.75. The minimum Gasteiger partial charge on any atom is -0.480 e. The maximum atomic E-state index is 11.0. The number of ether oxygens (including phenoxy) is 1. The molecule has 0 saturated carbocycles. The lowest BCUT2D eigenvalue weighted by molar-refractivity contribution is -0.144. The Morgan fingerprint density at radius 2 is 2.19 bits per heavy atom. The van der Waals surface area contributed by atoms with Crippen LogP contribution in [0.5, 0.6) is 0 Å². The van der Waals surface area contributed by atoms with Gasteiger partial charge in [0.05, 0.1) is 0 Å². The summed E-state index contributed by atoms with van der Waals surface area (Å²) >= 11 is 1.87. The van der Waals surface area contributed by atoms with Crippen molar-refractivity contribution in [3.63, 3.8) is 0 Å². The number of aliphatic carboxylic acids is 1. The van der Waals surface area contributed by atoms with Crippen LogP contribution in [0.1, 0.15) is 26.2 Å². The predicted molar refractivity (Wildman–Crippen MR) is 66.0 cm³/mol. The summed E-state index contributed by atoms with van der Waals surface area (Å²) < 4.78 is 5.29. The van der Waals surface area contributed by atoms with Crippen molar-refractivity contribution in [3.05, 3.63) is 0 Å². The van der Waals surface area contributed by atoms with E-state index in [2.05, 4.69) is 5.32 Å². The molecule has 1 heterocycles. The SMILES string of the molecule is CNC(C)(CCSC1CCOCC1)C(=O)O. The van der Waals surface area contributed by atoms with Gasteiger partial charge in [-0.15, -0.1) is 0 Å². The fraction of sp³-hybridized carbons (Fsp3) is 0.909. The summed E-state index contributed by atoms with van der Waals surface area (Å²) in [6.07, 6.45) is 2.84. The molecule has 1 atom stereocenters. The molecule has 0 amide bonds. The van der Waals surface area contributed by atoms with Crippen molar-refractivity contribution in [2.24, 2.45) is 0 Å². The molecule has 0 aromatic heterocycles. The summed E-state index contributed by atoms with van der Waals surface area (Å²) in [4.78, 5) is 11.0. The Bertz CT molecular complexity index is 231. The Morgan fingerprint density at radius 3 is 2.69 bits per heavy atom. The smallest absolute Gasteiger partial charge is 0.323 e. The van der Waals surface area contributed by atoms with Gasteiger partial charge in [-0.05, 0) is 39.0 Å². The van der Waals surface area contributed by atoms with Crippen molar-refractivity contribution in [1.29, 1.82) is 0 Å². The van der Waals surface area contributed by atoms with Crippen LogP contribution < -0.4 is 5.32 Å². The standard InChI is InChI=1S/C11H21NO3S/c1-11(12-2,10(13)14)5-8-16-9-3-6-15-7-4-9/h9,12H,3-8H2,1-2H3,(H,13,14). The molecule has 0 radical (unpaired) electrons. The number of carbonyl (C=O) groups is 1. The lowest BCUT2D eigenvalue weighted by atomic mass is 10.00. The monoisotopic (exact) mass is 247 g/mol. The van der Waals surface area contributed by atoms with E-state index in [4.69, 9.17) is 9.84 Å². The summed E-state index contributed by atoms with van der Waals surface area (Å²) in [7, 11) is 1.70. The third-order valence-corrected chi connectivity index (χ3v) is 4.53. The molecule has 1 unspecified atom stereocenters. The Hall–Kier alpha value is -0.260. The maximum absolute atomic E-state index is 11.0. The summed E-state index contributed by atoms with van der Waals surface area (Å²) in [5.74, 6) is 0.108. The molecule has 0 aromatic rings. The first-order valence-electron chi connectivity index (χ1n) is 5.70. The summed E-state index contributed by atoms with van der Waals surface area (Å²) in [6.45, 7) is 3.43. The number of thioether (sulfide) groups is 1. The minimum absolute atomic E-state index is 0.642. The van der Waals surface area contributed by atoms with Gasteiger partial charge in [0.25, 0.3) is 0 Å². The van der Waals surface area contributed by atoms with Gasteiger partial charge in [0.2, 0.25) is 0 Å². The van der Waals surface area contributed by atoms with Crippen molar-refractivity contribution in [2.75, 3.05) is 26.0 Å². The minimum atomic E-state index is -0.793. The lowest BCUT2D eigenvalue weighted by Gasteiger charge is -2.26. The highest BCUT2D eigenvalue weighted by atomic mass is 32.2. The molecule has 0 aliphatic carbocycles. The van der Waals surface area contributed by atoms with Crippen LogP contribution in [0.3, 0.4) is 0 Å². The van der Waals surface area contributed by atoms with Crippen molar-refractivity contribution in [1.82, 2.24) is 5.32 Å². The van der Waals surface area contributed by atoms with Gasteiger partial charge < -0.3 is 15.2 Å². The third kappa shape index (κ3) is 3.96. The Labute approximate surface area is 101 Å². The summed E-state index contributed by atoms with van der Waals surface area (Å²) in [6, 6.07) is 0. The Kier molecular flexibility index (Phi) is 5.58. The second kappa shape index (κ2) is 6.47. The van der Waals surface area contributed by atoms with Gasteiger partial charge in [-0.25, -0.2) is 0 Å². The number of nitrogens with one attached hydrogen (secondary N) is 1. The van der Waals surface area contributed by atoms with Gasteiger partial charge in [0.15, 0.2) is 0 Å². The first-order chi connectivity index (χ1) is 7.58. The highest BCUT2D eigenvalue weighted by Crippen LogP contribution is 2.24. The molecule has 1 aliphatic heterocycles. The molecule has 2 N–H and O–H groups in total. The van der Waals surface area contributed by atoms with Crippen molar-refractivity contribution >= 4 is 17.7 Å². The zero-order valence-corrected chi connectivity index (χ0v) is 10.8. The van der Waals surface area contributed by atoms with Gasteiger partial charge >= 0.3 is 5.97 Å². The van der Waals surface area contributed by atoms with E-state index in [9.17, 15) is 4.79 Å². The van der Waals surface area contributed by atoms with Crippen LogP contribution in [-0.4, -0.2) is 47.9 Å².